The normalized spacial score (nSPS) is 10.7. The Bertz CT molecular complexity index is 784. The summed E-state index contributed by atoms with van der Waals surface area (Å²) in [5.74, 6) is 0.206. The molecule has 140 valence electrons. The van der Waals surface area contributed by atoms with Crippen LogP contribution in [0.3, 0.4) is 0 Å². The third kappa shape index (κ3) is 6.42. The highest BCUT2D eigenvalue weighted by molar-refractivity contribution is 14.0. The number of hydrogen-bond donors (Lipinski definition) is 2. The molecule has 6 nitrogen and oxygen atoms in total. The summed E-state index contributed by atoms with van der Waals surface area (Å²) in [6, 6.07) is 6.28. The molecule has 0 saturated heterocycles. The third-order valence-electron chi connectivity index (χ3n) is 3.29. The number of anilines is 1. The van der Waals surface area contributed by atoms with Crippen LogP contribution in [-0.4, -0.2) is 31.6 Å². The zero-order valence-electron chi connectivity index (χ0n) is 14.9. The van der Waals surface area contributed by atoms with Crippen molar-refractivity contribution in [2.24, 2.45) is 4.99 Å². The molecule has 0 aliphatic carbocycles. The number of nitriles is 1. The summed E-state index contributed by atoms with van der Waals surface area (Å²) in [5, 5.41) is 18.2. The van der Waals surface area contributed by atoms with E-state index in [9.17, 15) is 4.39 Å². The number of guanidine groups is 1. The minimum atomic E-state index is -0.367. The second-order valence-corrected chi connectivity index (χ2v) is 6.32. The van der Waals surface area contributed by atoms with Gasteiger partial charge in [-0.05, 0) is 25.1 Å². The molecule has 0 bridgehead atoms. The molecule has 0 amide bonds. The molecule has 0 saturated carbocycles. The quantitative estimate of drug-likeness (QED) is 0.372. The van der Waals surface area contributed by atoms with Crippen LogP contribution in [0.5, 0.6) is 0 Å². The van der Waals surface area contributed by atoms with Gasteiger partial charge in [-0.3, -0.25) is 0 Å². The molecule has 0 unspecified atom stereocenters. The Balaban J connectivity index is 0.00000338. The first-order chi connectivity index (χ1) is 12.0. The molecular weight excluding hydrogens is 466 g/mol. The van der Waals surface area contributed by atoms with Crippen molar-refractivity contribution in [3.63, 3.8) is 0 Å². The van der Waals surface area contributed by atoms with E-state index in [1.165, 1.54) is 18.2 Å². The van der Waals surface area contributed by atoms with Crippen molar-refractivity contribution >= 4 is 46.4 Å². The lowest BCUT2D eigenvalue weighted by Crippen LogP contribution is -2.36. The molecule has 26 heavy (non-hydrogen) atoms. The summed E-state index contributed by atoms with van der Waals surface area (Å²) < 4.78 is 13.8. The number of halogens is 2. The van der Waals surface area contributed by atoms with Gasteiger partial charge in [0.15, 0.2) is 11.1 Å². The van der Waals surface area contributed by atoms with Crippen molar-refractivity contribution in [3.8, 4) is 6.07 Å². The van der Waals surface area contributed by atoms with E-state index in [1.54, 1.807) is 11.3 Å². The van der Waals surface area contributed by atoms with E-state index in [-0.39, 0.29) is 36.3 Å². The second-order valence-electron chi connectivity index (χ2n) is 5.48. The maximum absolute atomic E-state index is 13.8. The first-order valence-corrected chi connectivity index (χ1v) is 8.74. The molecule has 9 heteroatoms. The van der Waals surface area contributed by atoms with E-state index in [4.69, 9.17) is 5.26 Å². The Morgan fingerprint density at radius 2 is 2.15 bits per heavy atom. The average molecular weight is 488 g/mol. The van der Waals surface area contributed by atoms with E-state index in [1.807, 2.05) is 37.4 Å². The molecule has 0 aliphatic rings. The Kier molecular flexibility index (Phi) is 9.29. The number of rotatable bonds is 6. The van der Waals surface area contributed by atoms with Gasteiger partial charge in [0.1, 0.15) is 5.82 Å². The van der Waals surface area contributed by atoms with Gasteiger partial charge in [-0.2, -0.15) is 5.26 Å². The van der Waals surface area contributed by atoms with Crippen LogP contribution >= 0.6 is 35.3 Å². The molecular formula is C17H22FIN6S. The highest BCUT2D eigenvalue weighted by Gasteiger charge is 2.06. The molecule has 1 aromatic heterocycles. The van der Waals surface area contributed by atoms with Crippen LogP contribution in [0.25, 0.3) is 0 Å². The van der Waals surface area contributed by atoms with Gasteiger partial charge in [0.05, 0.1) is 30.4 Å². The van der Waals surface area contributed by atoms with Gasteiger partial charge < -0.3 is 15.5 Å². The summed E-state index contributed by atoms with van der Waals surface area (Å²) in [4.78, 5) is 10.8. The summed E-state index contributed by atoms with van der Waals surface area (Å²) >= 11 is 1.57. The molecule has 2 N–H and O–H groups in total. The summed E-state index contributed by atoms with van der Waals surface area (Å²) in [5.41, 5.74) is 1.72. The molecule has 0 aliphatic heterocycles. The highest BCUT2D eigenvalue weighted by atomic mass is 127. The molecule has 0 atom stereocenters. The Hall–Kier alpha value is -1.93. The average Bonchev–Trinajstić information content (AvgIpc) is 3.08. The number of benzene rings is 1. The maximum atomic E-state index is 13.8. The molecule has 1 heterocycles. The Morgan fingerprint density at radius 1 is 1.38 bits per heavy atom. The van der Waals surface area contributed by atoms with Crippen LogP contribution in [0.2, 0.25) is 0 Å². The smallest absolute Gasteiger partial charge is 0.191 e. The van der Waals surface area contributed by atoms with E-state index in [2.05, 4.69) is 20.6 Å². The van der Waals surface area contributed by atoms with Gasteiger partial charge in [0.2, 0.25) is 0 Å². The molecule has 1 aromatic carbocycles. The fourth-order valence-corrected chi connectivity index (χ4v) is 2.79. The lowest BCUT2D eigenvalue weighted by atomic mass is 10.1. The maximum Gasteiger partial charge on any atom is 0.191 e. The SMILES string of the molecule is CCNC(=NCc1cc(C#N)ccc1F)NCc1csc(N(C)C)n1.I. The number of nitrogens with one attached hydrogen (secondary N) is 2. The van der Waals surface area contributed by atoms with Gasteiger partial charge in [-0.15, -0.1) is 35.3 Å². The van der Waals surface area contributed by atoms with Crippen LogP contribution in [0, 0.1) is 17.1 Å². The van der Waals surface area contributed by atoms with E-state index < -0.39 is 0 Å². The molecule has 0 radical (unpaired) electrons. The molecule has 0 fully saturated rings. The minimum Gasteiger partial charge on any atom is -0.357 e. The molecule has 0 spiro atoms. The third-order valence-corrected chi connectivity index (χ3v) is 4.34. The second kappa shape index (κ2) is 10.9. The van der Waals surface area contributed by atoms with Gasteiger partial charge in [-0.25, -0.2) is 14.4 Å². The van der Waals surface area contributed by atoms with Gasteiger partial charge in [-0.1, -0.05) is 0 Å². The van der Waals surface area contributed by atoms with Crippen molar-refractivity contribution in [1.82, 2.24) is 15.6 Å². The monoisotopic (exact) mass is 488 g/mol. The number of hydrogen-bond acceptors (Lipinski definition) is 5. The minimum absolute atomic E-state index is 0. The number of aliphatic imine (C=N–C) groups is 1. The van der Waals surface area contributed by atoms with Crippen molar-refractivity contribution in [1.29, 1.82) is 5.26 Å². The van der Waals surface area contributed by atoms with E-state index in [0.29, 0.717) is 30.2 Å². The van der Waals surface area contributed by atoms with Gasteiger partial charge >= 0.3 is 0 Å². The Morgan fingerprint density at radius 3 is 2.77 bits per heavy atom. The van der Waals surface area contributed by atoms with Crippen molar-refractivity contribution in [3.05, 3.63) is 46.2 Å². The lowest BCUT2D eigenvalue weighted by molar-refractivity contribution is 0.610. The van der Waals surface area contributed by atoms with Crippen LogP contribution in [0.4, 0.5) is 9.52 Å². The van der Waals surface area contributed by atoms with Crippen molar-refractivity contribution < 1.29 is 4.39 Å². The van der Waals surface area contributed by atoms with Crippen LogP contribution in [-0.2, 0) is 13.1 Å². The molecule has 2 aromatic rings. The Labute approximate surface area is 174 Å². The topological polar surface area (TPSA) is 76.3 Å². The largest absolute Gasteiger partial charge is 0.357 e. The van der Waals surface area contributed by atoms with Crippen molar-refractivity contribution in [2.45, 2.75) is 20.0 Å². The number of aromatic nitrogens is 1. The van der Waals surface area contributed by atoms with Crippen LogP contribution in [0.15, 0.2) is 28.6 Å². The lowest BCUT2D eigenvalue weighted by Gasteiger charge is -2.11. The zero-order valence-corrected chi connectivity index (χ0v) is 18.1. The number of nitrogens with zero attached hydrogens (tertiary/aromatic N) is 4. The predicted octanol–water partition coefficient (Wildman–Crippen LogP) is 3.09. The summed E-state index contributed by atoms with van der Waals surface area (Å²) in [6.45, 7) is 3.32. The van der Waals surface area contributed by atoms with Crippen molar-refractivity contribution in [2.75, 3.05) is 25.5 Å². The van der Waals surface area contributed by atoms with Crippen LogP contribution < -0.4 is 15.5 Å². The van der Waals surface area contributed by atoms with Gasteiger partial charge in [0.25, 0.3) is 0 Å². The first kappa shape index (κ1) is 22.1. The standard InChI is InChI=1S/C17H21FN6S.HI/c1-4-20-16(22-10-14-11-25-17(23-14)24(2)3)21-9-13-7-12(8-19)5-6-15(13)18;/h5-7,11H,4,9-10H2,1-3H3,(H2,20,21,22);1H. The first-order valence-electron chi connectivity index (χ1n) is 7.86. The number of thiazole rings is 1. The van der Waals surface area contributed by atoms with E-state index in [0.717, 1.165) is 10.8 Å². The van der Waals surface area contributed by atoms with E-state index >= 15 is 0 Å². The zero-order chi connectivity index (χ0) is 18.2. The fourth-order valence-electron chi connectivity index (χ4n) is 2.03. The highest BCUT2D eigenvalue weighted by Crippen LogP contribution is 2.17. The van der Waals surface area contributed by atoms with Gasteiger partial charge in [0, 0.05) is 31.6 Å². The molecule has 2 rings (SSSR count). The predicted molar refractivity (Wildman–Crippen MR) is 115 cm³/mol. The summed E-state index contributed by atoms with van der Waals surface area (Å²) in [7, 11) is 3.90. The van der Waals surface area contributed by atoms with Crippen LogP contribution in [0.1, 0.15) is 23.7 Å². The fraction of sp³-hybridized carbons (Fsp3) is 0.353. The summed E-state index contributed by atoms with van der Waals surface area (Å²) in [6.07, 6.45) is 0.